The minimum Gasteiger partial charge on any atom is -0.339 e. The lowest BCUT2D eigenvalue weighted by Gasteiger charge is -2.20. The summed E-state index contributed by atoms with van der Waals surface area (Å²) in [6.07, 6.45) is 6.95. The third-order valence-electron chi connectivity index (χ3n) is 7.24. The lowest BCUT2D eigenvalue weighted by Crippen LogP contribution is -2.45. The summed E-state index contributed by atoms with van der Waals surface area (Å²) in [4.78, 5) is 43.3. The van der Waals surface area contributed by atoms with Crippen LogP contribution in [0.3, 0.4) is 0 Å². The highest BCUT2D eigenvalue weighted by atomic mass is 35.5. The molecule has 220 valence electrons. The zero-order chi connectivity index (χ0) is 30.7. The second-order valence-electron chi connectivity index (χ2n) is 10.6. The van der Waals surface area contributed by atoms with Gasteiger partial charge in [-0.1, -0.05) is 29.8 Å². The van der Waals surface area contributed by atoms with E-state index < -0.39 is 17.9 Å². The first-order valence-electron chi connectivity index (χ1n) is 13.8. The van der Waals surface area contributed by atoms with Gasteiger partial charge >= 0.3 is 0 Å². The number of carbonyl (C=O) groups is 2. The summed E-state index contributed by atoms with van der Waals surface area (Å²) in [5.41, 5.74) is 5.02. The van der Waals surface area contributed by atoms with Gasteiger partial charge in [0.2, 0.25) is 5.91 Å². The second-order valence-corrected chi connectivity index (χ2v) is 11.0. The molecule has 2 N–H and O–H groups in total. The van der Waals surface area contributed by atoms with E-state index in [-0.39, 0.29) is 18.0 Å². The van der Waals surface area contributed by atoms with Crippen molar-refractivity contribution in [3.63, 3.8) is 0 Å². The van der Waals surface area contributed by atoms with Crippen LogP contribution in [0.1, 0.15) is 35.9 Å². The van der Waals surface area contributed by atoms with Gasteiger partial charge in [-0.25, -0.2) is 4.98 Å². The quantitative estimate of drug-likeness (QED) is 0.252. The van der Waals surface area contributed by atoms with Crippen LogP contribution >= 0.6 is 11.6 Å². The first kappa shape index (κ1) is 29.5. The van der Waals surface area contributed by atoms with Crippen LogP contribution in [0.15, 0.2) is 90.4 Å². The van der Waals surface area contributed by atoms with Crippen LogP contribution in [0, 0.1) is 0 Å². The average molecular weight is 598 g/mol. The molecule has 11 heteroatoms. The van der Waals surface area contributed by atoms with Crippen LogP contribution in [0.25, 0.3) is 22.4 Å². The fraction of sp³-hybridized carbons (Fsp3) is 0.219. The third kappa shape index (κ3) is 6.60. The van der Waals surface area contributed by atoms with Crippen molar-refractivity contribution in [2.45, 2.75) is 32.4 Å². The Morgan fingerprint density at radius 2 is 1.67 bits per heavy atom. The Bertz CT molecular complexity index is 1840. The lowest BCUT2D eigenvalue weighted by atomic mass is 9.99. The van der Waals surface area contributed by atoms with Crippen LogP contribution in [-0.4, -0.2) is 41.8 Å². The van der Waals surface area contributed by atoms with Crippen molar-refractivity contribution < 1.29 is 9.59 Å². The number of nitrogens with zero attached hydrogens (tertiary/aromatic N) is 5. The maximum absolute atomic E-state index is 13.7. The first-order valence-corrected chi connectivity index (χ1v) is 14.2. The van der Waals surface area contributed by atoms with Crippen LogP contribution in [0.5, 0.6) is 0 Å². The summed E-state index contributed by atoms with van der Waals surface area (Å²) >= 11 is 6.62. The Morgan fingerprint density at radius 3 is 2.33 bits per heavy atom. The normalized spacial score (nSPS) is 11.9. The molecule has 0 aliphatic carbocycles. The molecule has 10 nitrogen and oxygen atoms in total. The van der Waals surface area contributed by atoms with E-state index in [9.17, 15) is 14.4 Å². The van der Waals surface area contributed by atoms with Crippen molar-refractivity contribution in [2.75, 3.05) is 5.32 Å². The molecule has 1 unspecified atom stereocenters. The van der Waals surface area contributed by atoms with Crippen molar-refractivity contribution in [1.82, 2.24) is 29.2 Å². The molecule has 0 radical (unpaired) electrons. The second kappa shape index (κ2) is 12.5. The molecular weight excluding hydrogens is 566 g/mol. The number of anilines is 1. The topological polar surface area (TPSA) is 116 Å². The molecule has 5 aromatic rings. The number of hydrogen-bond acceptors (Lipinski definition) is 5. The van der Waals surface area contributed by atoms with Gasteiger partial charge in [-0.3, -0.25) is 19.1 Å². The number of pyridine rings is 1. The predicted octanol–water partition coefficient (Wildman–Crippen LogP) is 4.86. The maximum Gasteiger partial charge on any atom is 0.270 e. The molecular formula is C32H32ClN7O3. The number of halogens is 1. The number of imidazole rings is 1. The monoisotopic (exact) mass is 597 g/mol. The Balaban J connectivity index is 1.43. The summed E-state index contributed by atoms with van der Waals surface area (Å²) in [6, 6.07) is 16.8. The molecule has 3 aromatic heterocycles. The summed E-state index contributed by atoms with van der Waals surface area (Å²) in [6.45, 7) is 3.89. The van der Waals surface area contributed by atoms with Gasteiger partial charge in [-0.05, 0) is 72.5 Å². The van der Waals surface area contributed by atoms with E-state index in [1.54, 1.807) is 54.5 Å². The number of hydrogen-bond donors (Lipinski definition) is 2. The predicted molar refractivity (Wildman–Crippen MR) is 167 cm³/mol. The zero-order valence-corrected chi connectivity index (χ0v) is 25.0. The van der Waals surface area contributed by atoms with Gasteiger partial charge in [-0.2, -0.15) is 5.10 Å². The first-order chi connectivity index (χ1) is 20.6. The smallest absolute Gasteiger partial charge is 0.270 e. The van der Waals surface area contributed by atoms with Crippen molar-refractivity contribution in [2.24, 2.45) is 14.1 Å². The minimum absolute atomic E-state index is 0.00675. The Labute approximate surface area is 254 Å². The molecule has 5 rings (SSSR count). The van der Waals surface area contributed by atoms with E-state index in [4.69, 9.17) is 11.6 Å². The van der Waals surface area contributed by atoms with Crippen LogP contribution in [0.2, 0.25) is 5.02 Å². The molecule has 0 saturated carbocycles. The lowest BCUT2D eigenvalue weighted by molar-refractivity contribution is -0.118. The van der Waals surface area contributed by atoms with Gasteiger partial charge < -0.3 is 19.8 Å². The van der Waals surface area contributed by atoms with E-state index >= 15 is 0 Å². The third-order valence-corrected chi connectivity index (χ3v) is 7.61. The molecule has 0 aliphatic heterocycles. The Hall–Kier alpha value is -4.96. The molecule has 1 atom stereocenters. The minimum atomic E-state index is -0.962. The largest absolute Gasteiger partial charge is 0.339 e. The SMILES string of the molecule is CC(C)n1cc(-c2ccc(Cl)c(CC(NC(=O)c3ccnn3C)C(=O)Nc3ccc(-c4cncn4C)cc3)c2)ccc1=O. The Morgan fingerprint density at radius 1 is 0.953 bits per heavy atom. The highest BCUT2D eigenvalue weighted by molar-refractivity contribution is 6.31. The van der Waals surface area contributed by atoms with Crippen LogP contribution < -0.4 is 16.2 Å². The molecule has 2 amide bonds. The number of rotatable bonds is 9. The van der Waals surface area contributed by atoms with Crippen molar-refractivity contribution >= 4 is 29.1 Å². The number of benzene rings is 2. The molecule has 0 fully saturated rings. The molecule has 0 spiro atoms. The number of aromatic nitrogens is 5. The molecule has 3 heterocycles. The van der Waals surface area contributed by atoms with Gasteiger partial charge in [0.25, 0.3) is 11.5 Å². The zero-order valence-electron chi connectivity index (χ0n) is 24.3. The van der Waals surface area contributed by atoms with Crippen LogP contribution in [-0.2, 0) is 25.3 Å². The standard InChI is InChI=1S/C32H32ClN7O3/c1-20(2)40-18-23(8-12-30(40)41)22-7-11-26(33)24(15-22)16-27(37-32(43)28-13-14-35-39(28)4)31(42)36-25-9-5-21(6-10-25)29-17-34-19-38(29)3/h5-15,17-20,27H,16H2,1-4H3,(H,36,42)(H,37,43). The fourth-order valence-electron chi connectivity index (χ4n) is 4.84. The van der Waals surface area contributed by atoms with Gasteiger partial charge in [0.05, 0.1) is 18.2 Å². The van der Waals surface area contributed by atoms with Gasteiger partial charge in [-0.15, -0.1) is 0 Å². The van der Waals surface area contributed by atoms with E-state index in [0.717, 1.165) is 22.4 Å². The van der Waals surface area contributed by atoms with Crippen molar-refractivity contribution in [3.05, 3.63) is 112 Å². The van der Waals surface area contributed by atoms with E-state index in [2.05, 4.69) is 20.7 Å². The Kier molecular flexibility index (Phi) is 8.58. The molecule has 43 heavy (non-hydrogen) atoms. The van der Waals surface area contributed by atoms with Gasteiger partial charge in [0.1, 0.15) is 11.7 Å². The van der Waals surface area contributed by atoms with E-state index in [1.165, 1.54) is 16.9 Å². The number of amides is 2. The summed E-state index contributed by atoms with van der Waals surface area (Å²) in [5.74, 6) is -0.846. The highest BCUT2D eigenvalue weighted by Crippen LogP contribution is 2.27. The molecule has 0 bridgehead atoms. The summed E-state index contributed by atoms with van der Waals surface area (Å²) < 4.78 is 5.01. The summed E-state index contributed by atoms with van der Waals surface area (Å²) in [5, 5.41) is 10.3. The number of carbonyl (C=O) groups excluding carboxylic acids is 2. The maximum atomic E-state index is 13.7. The number of aryl methyl sites for hydroxylation is 2. The van der Waals surface area contributed by atoms with Gasteiger partial charge in [0.15, 0.2) is 0 Å². The van der Waals surface area contributed by atoms with E-state index in [1.807, 2.05) is 55.9 Å². The van der Waals surface area contributed by atoms with E-state index in [0.29, 0.717) is 22.0 Å². The van der Waals surface area contributed by atoms with Gasteiger partial charge in [0, 0.05) is 55.7 Å². The van der Waals surface area contributed by atoms with Crippen molar-refractivity contribution in [1.29, 1.82) is 0 Å². The number of nitrogens with one attached hydrogen (secondary N) is 2. The average Bonchev–Trinajstić information content (AvgIpc) is 3.62. The fourth-order valence-corrected chi connectivity index (χ4v) is 5.03. The molecule has 0 saturated heterocycles. The van der Waals surface area contributed by atoms with Crippen LogP contribution in [0.4, 0.5) is 5.69 Å². The highest BCUT2D eigenvalue weighted by Gasteiger charge is 2.25. The molecule has 2 aromatic carbocycles. The van der Waals surface area contributed by atoms with Crippen molar-refractivity contribution in [3.8, 4) is 22.4 Å². The molecule has 0 aliphatic rings. The summed E-state index contributed by atoms with van der Waals surface area (Å²) in [7, 11) is 3.57.